The van der Waals surface area contributed by atoms with Crippen LogP contribution >= 0.6 is 0 Å². The van der Waals surface area contributed by atoms with Crippen LogP contribution in [-0.2, 0) is 4.74 Å². The Morgan fingerprint density at radius 3 is 2.43 bits per heavy atom. The van der Waals surface area contributed by atoms with E-state index in [2.05, 4.69) is 9.72 Å². The van der Waals surface area contributed by atoms with Gasteiger partial charge in [0, 0.05) is 23.4 Å². The fraction of sp³-hybridized carbons (Fsp3) is 0.364. The highest BCUT2D eigenvalue weighted by Gasteiger charge is 2.31. The molecule has 0 fully saturated rings. The molecule has 0 saturated carbocycles. The van der Waals surface area contributed by atoms with Crippen molar-refractivity contribution in [3.05, 3.63) is 52.9 Å². The largest absolute Gasteiger partial charge is 0.574 e. The Hall–Kier alpha value is -3.03. The monoisotopic (exact) mass is 423 g/mol. The van der Waals surface area contributed by atoms with Crippen molar-refractivity contribution >= 4 is 5.97 Å². The quantitative estimate of drug-likeness (QED) is 0.396. The number of halogens is 3. The zero-order valence-corrected chi connectivity index (χ0v) is 17.5. The Labute approximate surface area is 173 Å². The minimum atomic E-state index is -4.81. The van der Waals surface area contributed by atoms with Crippen LogP contribution in [0, 0.1) is 13.8 Å². The molecule has 8 heteroatoms. The summed E-state index contributed by atoms with van der Waals surface area (Å²) < 4.78 is 52.0. The van der Waals surface area contributed by atoms with Crippen molar-refractivity contribution in [2.24, 2.45) is 0 Å². The predicted molar refractivity (Wildman–Crippen MR) is 106 cm³/mol. The number of benzene rings is 1. The van der Waals surface area contributed by atoms with E-state index in [9.17, 15) is 18.0 Å². The molecule has 0 radical (unpaired) electrons. The minimum Gasteiger partial charge on any atom is -0.464 e. The number of nitrogens with zero attached hydrogens (tertiary/aromatic N) is 1. The number of carbonyl (C=O) groups is 1. The number of pyridine rings is 1. The average molecular weight is 423 g/mol. The summed E-state index contributed by atoms with van der Waals surface area (Å²) >= 11 is 0. The third kappa shape index (κ3) is 5.75. The summed E-state index contributed by atoms with van der Waals surface area (Å²) in [5.74, 6) is -0.720. The summed E-state index contributed by atoms with van der Waals surface area (Å²) in [4.78, 5) is 16.2. The first-order valence-electron chi connectivity index (χ1n) is 9.43. The molecule has 0 atom stereocenters. The van der Waals surface area contributed by atoms with E-state index < -0.39 is 18.2 Å². The maximum atomic E-state index is 12.5. The molecule has 1 heterocycles. The van der Waals surface area contributed by atoms with Gasteiger partial charge in [0.05, 0.1) is 12.9 Å². The maximum absolute atomic E-state index is 12.5. The molecule has 2 rings (SSSR count). The Balaban J connectivity index is 2.56. The van der Waals surface area contributed by atoms with E-state index in [0.717, 1.165) is 18.1 Å². The number of alkyl halides is 3. The van der Waals surface area contributed by atoms with Gasteiger partial charge < -0.3 is 14.2 Å². The van der Waals surface area contributed by atoms with E-state index in [1.807, 2.05) is 13.8 Å². The lowest BCUT2D eigenvalue weighted by molar-refractivity contribution is -0.276. The van der Waals surface area contributed by atoms with Gasteiger partial charge in [-0.2, -0.15) is 0 Å². The van der Waals surface area contributed by atoms with E-state index in [-0.39, 0.29) is 6.61 Å². The summed E-state index contributed by atoms with van der Waals surface area (Å²) in [6, 6.07) is 4.36. The second-order valence-electron chi connectivity index (χ2n) is 6.66. The molecular weight excluding hydrogens is 399 g/mol. The van der Waals surface area contributed by atoms with Gasteiger partial charge >= 0.3 is 12.3 Å². The molecule has 2 aromatic rings. The molecule has 0 N–H and O–H groups in total. The molecule has 0 aliphatic rings. The van der Waals surface area contributed by atoms with Crippen molar-refractivity contribution in [3.8, 4) is 22.8 Å². The molecular formula is C22H24F3NO4. The zero-order valence-electron chi connectivity index (χ0n) is 17.5. The first-order chi connectivity index (χ1) is 14.1. The minimum absolute atomic E-state index is 0.215. The maximum Gasteiger partial charge on any atom is 0.574 e. The number of aryl methyl sites for hydroxylation is 1. The van der Waals surface area contributed by atoms with Gasteiger partial charge in [0.1, 0.15) is 11.3 Å². The summed E-state index contributed by atoms with van der Waals surface area (Å²) in [5.41, 5.74) is 3.76. The number of esters is 1. The van der Waals surface area contributed by atoms with Crippen LogP contribution in [0.2, 0.25) is 0 Å². The van der Waals surface area contributed by atoms with E-state index in [1.165, 1.54) is 12.3 Å². The first kappa shape index (κ1) is 23.3. The molecule has 0 aliphatic carbocycles. The normalized spacial score (nSPS) is 11.9. The third-order valence-corrected chi connectivity index (χ3v) is 4.41. The lowest BCUT2D eigenvalue weighted by atomic mass is 9.94. The standard InChI is InChI=1S/C22H24F3NO4/c1-6-13(3)12-29-20-15(5)17(10-14(4)19(20)21(27)28-7-2)16-8-9-18(26-11-16)30-22(23,24)25/h8-12H,6-7H2,1-5H3/b13-12+. The molecule has 0 spiro atoms. The highest BCUT2D eigenvalue weighted by atomic mass is 19.4. The summed E-state index contributed by atoms with van der Waals surface area (Å²) in [6.07, 6.45) is -1.18. The average Bonchev–Trinajstić information content (AvgIpc) is 2.67. The second-order valence-corrected chi connectivity index (χ2v) is 6.66. The smallest absolute Gasteiger partial charge is 0.464 e. The fourth-order valence-corrected chi connectivity index (χ4v) is 2.75. The van der Waals surface area contributed by atoms with Crippen LogP contribution in [0.25, 0.3) is 11.1 Å². The number of allylic oxidation sites excluding steroid dienone is 1. The molecule has 1 aromatic carbocycles. The van der Waals surface area contributed by atoms with Crippen molar-refractivity contribution < 1.29 is 32.2 Å². The number of ether oxygens (including phenoxy) is 3. The molecule has 0 aliphatic heterocycles. The van der Waals surface area contributed by atoms with Crippen molar-refractivity contribution in [2.45, 2.75) is 47.4 Å². The molecule has 30 heavy (non-hydrogen) atoms. The molecule has 162 valence electrons. The van der Waals surface area contributed by atoms with Crippen LogP contribution in [0.3, 0.4) is 0 Å². The van der Waals surface area contributed by atoms with Crippen molar-refractivity contribution in [1.82, 2.24) is 4.98 Å². The van der Waals surface area contributed by atoms with Gasteiger partial charge in [0.2, 0.25) is 5.88 Å². The second kappa shape index (κ2) is 9.65. The Morgan fingerprint density at radius 1 is 1.20 bits per heavy atom. The third-order valence-electron chi connectivity index (χ3n) is 4.41. The van der Waals surface area contributed by atoms with Gasteiger partial charge in [0.15, 0.2) is 0 Å². The van der Waals surface area contributed by atoms with Gasteiger partial charge in [-0.25, -0.2) is 9.78 Å². The lowest BCUT2D eigenvalue weighted by Crippen LogP contribution is -2.17. The van der Waals surface area contributed by atoms with Gasteiger partial charge in [-0.05, 0) is 62.9 Å². The highest BCUT2D eigenvalue weighted by Crippen LogP contribution is 2.37. The molecule has 5 nitrogen and oxygen atoms in total. The summed E-state index contributed by atoms with van der Waals surface area (Å²) in [6.45, 7) is 9.32. The first-order valence-corrected chi connectivity index (χ1v) is 9.43. The number of carbonyl (C=O) groups excluding carboxylic acids is 1. The van der Waals surface area contributed by atoms with Crippen LogP contribution in [0.4, 0.5) is 13.2 Å². The van der Waals surface area contributed by atoms with Crippen LogP contribution < -0.4 is 9.47 Å². The molecule has 0 unspecified atom stereocenters. The Bertz CT molecular complexity index is 935. The molecule has 0 saturated heterocycles. The van der Waals surface area contributed by atoms with Crippen molar-refractivity contribution in [1.29, 1.82) is 0 Å². The Kier molecular flexibility index (Phi) is 7.48. The Morgan fingerprint density at radius 2 is 1.90 bits per heavy atom. The van der Waals surface area contributed by atoms with Crippen LogP contribution in [0.1, 0.15) is 48.7 Å². The lowest BCUT2D eigenvalue weighted by Gasteiger charge is -2.18. The summed E-state index contributed by atoms with van der Waals surface area (Å²) in [5, 5.41) is 0. The van der Waals surface area contributed by atoms with E-state index in [1.54, 1.807) is 33.1 Å². The zero-order chi connectivity index (χ0) is 22.5. The number of rotatable bonds is 7. The van der Waals surface area contributed by atoms with Crippen LogP contribution in [-0.4, -0.2) is 23.9 Å². The molecule has 1 aromatic heterocycles. The highest BCUT2D eigenvalue weighted by molar-refractivity contribution is 5.96. The molecule has 0 bridgehead atoms. The van der Waals surface area contributed by atoms with Gasteiger partial charge in [-0.15, -0.1) is 13.2 Å². The van der Waals surface area contributed by atoms with E-state index in [0.29, 0.717) is 33.6 Å². The predicted octanol–water partition coefficient (Wildman–Crippen LogP) is 6.13. The van der Waals surface area contributed by atoms with Crippen molar-refractivity contribution in [2.75, 3.05) is 6.61 Å². The van der Waals surface area contributed by atoms with Crippen LogP contribution in [0.5, 0.6) is 11.6 Å². The summed E-state index contributed by atoms with van der Waals surface area (Å²) in [7, 11) is 0. The molecule has 0 amide bonds. The van der Waals surface area contributed by atoms with Crippen molar-refractivity contribution in [3.63, 3.8) is 0 Å². The fourth-order valence-electron chi connectivity index (χ4n) is 2.75. The van der Waals surface area contributed by atoms with Gasteiger partial charge in [-0.1, -0.05) is 6.92 Å². The van der Waals surface area contributed by atoms with E-state index in [4.69, 9.17) is 9.47 Å². The number of aromatic nitrogens is 1. The number of hydrogen-bond donors (Lipinski definition) is 0. The van der Waals surface area contributed by atoms with E-state index >= 15 is 0 Å². The van der Waals surface area contributed by atoms with Gasteiger partial charge in [-0.3, -0.25) is 0 Å². The topological polar surface area (TPSA) is 57.7 Å². The number of hydrogen-bond acceptors (Lipinski definition) is 5. The SMILES string of the molecule is CCOC(=O)c1c(C)cc(-c2ccc(OC(F)(F)F)nc2)c(C)c1O/C=C(\C)CC. The van der Waals surface area contributed by atoms with Crippen LogP contribution in [0.15, 0.2) is 36.2 Å². The van der Waals surface area contributed by atoms with Gasteiger partial charge in [0.25, 0.3) is 0 Å².